The molecule has 1 aliphatic carbocycles. The number of hydrogen-bond donors (Lipinski definition) is 1. The molecule has 0 atom stereocenters. The van der Waals surface area contributed by atoms with Crippen molar-refractivity contribution in [1.29, 1.82) is 0 Å². The number of unbranched alkanes of at least 4 members (excludes halogenated alkanes) is 3. The third-order valence-corrected chi connectivity index (χ3v) is 4.49. The lowest BCUT2D eigenvalue weighted by atomic mass is 9.53. The zero-order chi connectivity index (χ0) is 13.9. The summed E-state index contributed by atoms with van der Waals surface area (Å²) in [5.41, 5.74) is -1.76. The Kier molecular flexibility index (Phi) is 5.16. The second-order valence-electron chi connectivity index (χ2n) is 6.31. The predicted molar refractivity (Wildman–Crippen MR) is 70.9 cm³/mol. The van der Waals surface area contributed by atoms with Gasteiger partial charge in [-0.1, -0.05) is 46.0 Å². The van der Waals surface area contributed by atoms with Crippen molar-refractivity contribution in [2.75, 3.05) is 0 Å². The number of alkyl halides is 2. The van der Waals surface area contributed by atoms with Gasteiger partial charge in [-0.05, 0) is 32.6 Å². The van der Waals surface area contributed by atoms with Crippen LogP contribution in [0.15, 0.2) is 0 Å². The molecular formula is C15H28F2O. The van der Waals surface area contributed by atoms with E-state index in [-0.39, 0.29) is 12.8 Å². The standard InChI is InChI=1S/C15H28F2O/c1-4-6-7-8-10-15(18)11-14(12-15,9-5-2)13(3,16)17/h18H,4-12H2,1-3H3. The minimum absolute atomic E-state index is 0.281. The molecule has 108 valence electrons. The van der Waals surface area contributed by atoms with E-state index >= 15 is 0 Å². The molecule has 3 heteroatoms. The van der Waals surface area contributed by atoms with Gasteiger partial charge in [0.2, 0.25) is 0 Å². The van der Waals surface area contributed by atoms with Gasteiger partial charge in [0.15, 0.2) is 0 Å². The van der Waals surface area contributed by atoms with E-state index < -0.39 is 16.9 Å². The van der Waals surface area contributed by atoms with Crippen LogP contribution in [0.3, 0.4) is 0 Å². The summed E-state index contributed by atoms with van der Waals surface area (Å²) in [7, 11) is 0. The average Bonchev–Trinajstić information content (AvgIpc) is 2.21. The monoisotopic (exact) mass is 262 g/mol. The molecule has 1 N–H and O–H groups in total. The Morgan fingerprint density at radius 2 is 1.61 bits per heavy atom. The van der Waals surface area contributed by atoms with Gasteiger partial charge in [-0.25, -0.2) is 8.78 Å². The Morgan fingerprint density at radius 1 is 1.00 bits per heavy atom. The number of rotatable bonds is 8. The maximum absolute atomic E-state index is 13.7. The molecule has 0 bridgehead atoms. The molecule has 0 amide bonds. The number of hydrogen-bond acceptors (Lipinski definition) is 1. The van der Waals surface area contributed by atoms with Crippen LogP contribution < -0.4 is 0 Å². The van der Waals surface area contributed by atoms with Crippen LogP contribution in [0.25, 0.3) is 0 Å². The summed E-state index contributed by atoms with van der Waals surface area (Å²) in [4.78, 5) is 0. The van der Waals surface area contributed by atoms with Crippen molar-refractivity contribution in [3.05, 3.63) is 0 Å². The number of aliphatic hydroxyl groups is 1. The first kappa shape index (κ1) is 15.9. The highest BCUT2D eigenvalue weighted by molar-refractivity contribution is 5.08. The Balaban J connectivity index is 2.46. The van der Waals surface area contributed by atoms with Crippen LogP contribution in [0.2, 0.25) is 0 Å². The lowest BCUT2D eigenvalue weighted by Gasteiger charge is -2.56. The fourth-order valence-corrected chi connectivity index (χ4v) is 3.45. The van der Waals surface area contributed by atoms with Crippen molar-refractivity contribution in [1.82, 2.24) is 0 Å². The van der Waals surface area contributed by atoms with Crippen LogP contribution in [0.1, 0.15) is 78.6 Å². The Morgan fingerprint density at radius 3 is 2.06 bits per heavy atom. The van der Waals surface area contributed by atoms with Gasteiger partial charge in [-0.3, -0.25) is 0 Å². The van der Waals surface area contributed by atoms with Gasteiger partial charge in [0, 0.05) is 5.41 Å². The lowest BCUT2D eigenvalue weighted by Crippen LogP contribution is -2.59. The van der Waals surface area contributed by atoms with Crippen molar-refractivity contribution in [3.8, 4) is 0 Å². The van der Waals surface area contributed by atoms with Gasteiger partial charge < -0.3 is 5.11 Å². The summed E-state index contributed by atoms with van der Waals surface area (Å²) in [6, 6.07) is 0. The van der Waals surface area contributed by atoms with E-state index in [2.05, 4.69) is 6.92 Å². The molecule has 0 aromatic rings. The lowest BCUT2D eigenvalue weighted by molar-refractivity contribution is -0.237. The Bertz CT molecular complexity index is 252. The fraction of sp³-hybridized carbons (Fsp3) is 1.00. The molecule has 0 aromatic heterocycles. The highest BCUT2D eigenvalue weighted by atomic mass is 19.3. The first-order valence-corrected chi connectivity index (χ1v) is 7.39. The van der Waals surface area contributed by atoms with Gasteiger partial charge >= 0.3 is 0 Å². The summed E-state index contributed by atoms with van der Waals surface area (Å²) >= 11 is 0. The average molecular weight is 262 g/mol. The van der Waals surface area contributed by atoms with E-state index in [4.69, 9.17) is 0 Å². The normalized spacial score (nSPS) is 32.3. The third kappa shape index (κ3) is 3.43. The Labute approximate surface area is 110 Å². The topological polar surface area (TPSA) is 20.2 Å². The van der Waals surface area contributed by atoms with Crippen LogP contribution >= 0.6 is 0 Å². The van der Waals surface area contributed by atoms with Crippen molar-refractivity contribution >= 4 is 0 Å². The molecule has 1 saturated carbocycles. The van der Waals surface area contributed by atoms with Crippen molar-refractivity contribution < 1.29 is 13.9 Å². The largest absolute Gasteiger partial charge is 0.390 e. The SMILES string of the molecule is CCCCCCC1(O)CC(CCC)(C(C)(F)F)C1. The quantitative estimate of drug-likeness (QED) is 0.615. The van der Waals surface area contributed by atoms with E-state index in [1.807, 2.05) is 6.92 Å². The van der Waals surface area contributed by atoms with E-state index in [0.717, 1.165) is 32.6 Å². The van der Waals surface area contributed by atoms with E-state index in [0.29, 0.717) is 12.8 Å². The van der Waals surface area contributed by atoms with Crippen LogP contribution in [-0.4, -0.2) is 16.6 Å². The zero-order valence-corrected chi connectivity index (χ0v) is 12.1. The molecule has 18 heavy (non-hydrogen) atoms. The first-order chi connectivity index (χ1) is 8.29. The first-order valence-electron chi connectivity index (χ1n) is 7.39. The summed E-state index contributed by atoms with van der Waals surface area (Å²) in [5, 5.41) is 10.3. The second kappa shape index (κ2) is 5.85. The molecule has 0 unspecified atom stereocenters. The van der Waals surface area contributed by atoms with E-state index in [1.54, 1.807) is 0 Å². The molecule has 1 aliphatic rings. The fourth-order valence-electron chi connectivity index (χ4n) is 3.45. The Hall–Kier alpha value is -0.180. The predicted octanol–water partition coefficient (Wildman–Crippen LogP) is 4.92. The zero-order valence-electron chi connectivity index (χ0n) is 12.1. The summed E-state index contributed by atoms with van der Waals surface area (Å²) < 4.78 is 27.4. The van der Waals surface area contributed by atoms with E-state index in [1.165, 1.54) is 6.42 Å². The van der Waals surface area contributed by atoms with Crippen molar-refractivity contribution in [2.45, 2.75) is 90.1 Å². The molecule has 1 rings (SSSR count). The summed E-state index contributed by atoms with van der Waals surface area (Å²) in [5.74, 6) is -2.67. The summed E-state index contributed by atoms with van der Waals surface area (Å²) in [6.07, 6.45) is 6.92. The molecule has 0 aromatic carbocycles. The molecule has 0 radical (unpaired) electrons. The van der Waals surface area contributed by atoms with Crippen molar-refractivity contribution in [2.24, 2.45) is 5.41 Å². The highest BCUT2D eigenvalue weighted by Crippen LogP contribution is 2.60. The molecule has 0 aliphatic heterocycles. The molecule has 0 saturated heterocycles. The highest BCUT2D eigenvalue weighted by Gasteiger charge is 2.62. The minimum Gasteiger partial charge on any atom is -0.390 e. The van der Waals surface area contributed by atoms with Gasteiger partial charge in [-0.2, -0.15) is 0 Å². The van der Waals surface area contributed by atoms with Crippen LogP contribution in [0.4, 0.5) is 8.78 Å². The van der Waals surface area contributed by atoms with Crippen molar-refractivity contribution in [3.63, 3.8) is 0 Å². The van der Waals surface area contributed by atoms with Crippen LogP contribution in [0.5, 0.6) is 0 Å². The molecular weight excluding hydrogens is 234 g/mol. The van der Waals surface area contributed by atoms with E-state index in [9.17, 15) is 13.9 Å². The van der Waals surface area contributed by atoms with Gasteiger partial charge in [0.1, 0.15) is 0 Å². The minimum atomic E-state index is -2.67. The number of halogens is 2. The third-order valence-electron chi connectivity index (χ3n) is 4.49. The van der Waals surface area contributed by atoms with Gasteiger partial charge in [0.05, 0.1) is 5.60 Å². The second-order valence-corrected chi connectivity index (χ2v) is 6.31. The smallest absolute Gasteiger partial charge is 0.251 e. The van der Waals surface area contributed by atoms with Gasteiger partial charge in [-0.15, -0.1) is 0 Å². The maximum Gasteiger partial charge on any atom is 0.251 e. The molecule has 0 spiro atoms. The summed E-state index contributed by atoms with van der Waals surface area (Å²) in [6.45, 7) is 5.09. The molecule has 1 nitrogen and oxygen atoms in total. The van der Waals surface area contributed by atoms with Gasteiger partial charge in [0.25, 0.3) is 5.92 Å². The molecule has 0 heterocycles. The van der Waals surface area contributed by atoms with Crippen LogP contribution in [0, 0.1) is 5.41 Å². The maximum atomic E-state index is 13.7. The van der Waals surface area contributed by atoms with Crippen LogP contribution in [-0.2, 0) is 0 Å². The molecule has 1 fully saturated rings.